The van der Waals surface area contributed by atoms with Crippen molar-refractivity contribution < 1.29 is 4.52 Å². The molecule has 3 heterocycles. The largest absolute Gasteiger partial charge is 0.338 e. The van der Waals surface area contributed by atoms with E-state index in [1.165, 1.54) is 5.56 Å². The number of rotatable bonds is 3. The van der Waals surface area contributed by atoms with Gasteiger partial charge in [0.25, 0.3) is 0 Å². The number of halogens is 1. The quantitative estimate of drug-likeness (QED) is 0.729. The molecule has 0 radical (unpaired) electrons. The number of aromatic nitrogens is 4. The smallest absolute Gasteiger partial charge is 0.241 e. The van der Waals surface area contributed by atoms with Crippen molar-refractivity contribution in [3.05, 3.63) is 58.5 Å². The first kappa shape index (κ1) is 15.2. The molecule has 6 nitrogen and oxygen atoms in total. The van der Waals surface area contributed by atoms with Crippen LogP contribution in [-0.4, -0.2) is 31.6 Å². The minimum absolute atomic E-state index is 0.582. The van der Waals surface area contributed by atoms with Crippen molar-refractivity contribution in [2.45, 2.75) is 26.4 Å². The Morgan fingerprint density at radius 1 is 1.21 bits per heavy atom. The molecule has 122 valence electrons. The van der Waals surface area contributed by atoms with E-state index in [9.17, 15) is 0 Å². The summed E-state index contributed by atoms with van der Waals surface area (Å²) in [5, 5.41) is 4.74. The fraction of sp³-hybridized carbons (Fsp3) is 0.294. The molecule has 0 fully saturated rings. The van der Waals surface area contributed by atoms with Gasteiger partial charge in [-0.15, -0.1) is 0 Å². The summed E-state index contributed by atoms with van der Waals surface area (Å²) < 4.78 is 5.39. The van der Waals surface area contributed by atoms with E-state index in [0.29, 0.717) is 23.3 Å². The van der Waals surface area contributed by atoms with E-state index in [1.54, 1.807) is 0 Å². The molecule has 1 aliphatic heterocycles. The van der Waals surface area contributed by atoms with E-state index >= 15 is 0 Å². The highest BCUT2D eigenvalue weighted by Crippen LogP contribution is 2.21. The molecule has 0 bridgehead atoms. The molecule has 0 aliphatic carbocycles. The number of hydrogen-bond acceptors (Lipinski definition) is 6. The molecule has 3 aromatic rings. The monoisotopic (exact) mass is 341 g/mol. The van der Waals surface area contributed by atoms with Gasteiger partial charge in [-0.25, -0.2) is 9.97 Å². The maximum Gasteiger partial charge on any atom is 0.241 e. The maximum absolute atomic E-state index is 5.90. The van der Waals surface area contributed by atoms with Crippen LogP contribution in [0.15, 0.2) is 35.0 Å². The lowest BCUT2D eigenvalue weighted by Gasteiger charge is -2.26. The molecule has 0 saturated heterocycles. The summed E-state index contributed by atoms with van der Waals surface area (Å²) in [7, 11) is 0. The minimum Gasteiger partial charge on any atom is -0.338 e. The van der Waals surface area contributed by atoms with Crippen LogP contribution in [0.5, 0.6) is 0 Å². The van der Waals surface area contributed by atoms with E-state index in [-0.39, 0.29) is 0 Å². The summed E-state index contributed by atoms with van der Waals surface area (Å²) in [5.41, 5.74) is 3.21. The summed E-state index contributed by atoms with van der Waals surface area (Å²) in [6, 6.07) is 7.40. The van der Waals surface area contributed by atoms with Gasteiger partial charge in [-0.05, 0) is 31.2 Å². The Bertz CT molecular complexity index is 862. The molecule has 0 amide bonds. The van der Waals surface area contributed by atoms with Gasteiger partial charge in [0.1, 0.15) is 5.82 Å². The van der Waals surface area contributed by atoms with Crippen molar-refractivity contribution in [2.24, 2.45) is 0 Å². The first-order valence-electron chi connectivity index (χ1n) is 7.79. The molecule has 1 aromatic carbocycles. The highest BCUT2D eigenvalue weighted by molar-refractivity contribution is 6.30. The third kappa shape index (κ3) is 3.16. The molecule has 0 atom stereocenters. The van der Waals surface area contributed by atoms with Gasteiger partial charge in [0.05, 0.1) is 6.54 Å². The zero-order chi connectivity index (χ0) is 16.5. The van der Waals surface area contributed by atoms with Crippen LogP contribution >= 0.6 is 11.6 Å². The van der Waals surface area contributed by atoms with Crippen molar-refractivity contribution in [1.82, 2.24) is 25.0 Å². The maximum atomic E-state index is 5.90. The molecule has 0 spiro atoms. The lowest BCUT2D eigenvalue weighted by molar-refractivity contribution is 0.208. The van der Waals surface area contributed by atoms with Crippen LogP contribution in [0, 0.1) is 6.92 Å². The Morgan fingerprint density at radius 3 is 2.88 bits per heavy atom. The van der Waals surface area contributed by atoms with Crippen molar-refractivity contribution in [3.63, 3.8) is 0 Å². The Balaban J connectivity index is 1.47. The predicted octanol–water partition coefficient (Wildman–Crippen LogP) is 3.05. The van der Waals surface area contributed by atoms with Gasteiger partial charge in [0.2, 0.25) is 11.7 Å². The Morgan fingerprint density at radius 2 is 2.04 bits per heavy atom. The van der Waals surface area contributed by atoms with Crippen molar-refractivity contribution in [3.8, 4) is 11.4 Å². The SMILES string of the molecule is Cc1ncc2c(n1)CCN(Cc1nc(-c3ccc(Cl)cc3)no1)C2. The van der Waals surface area contributed by atoms with Gasteiger partial charge < -0.3 is 4.52 Å². The Labute approximate surface area is 144 Å². The topological polar surface area (TPSA) is 67.9 Å². The third-order valence-corrected chi connectivity index (χ3v) is 4.31. The predicted molar refractivity (Wildman–Crippen MR) is 89.3 cm³/mol. The summed E-state index contributed by atoms with van der Waals surface area (Å²) in [5.74, 6) is 2.01. The first-order chi connectivity index (χ1) is 11.7. The molecule has 1 aliphatic rings. The van der Waals surface area contributed by atoms with Crippen LogP contribution in [0.4, 0.5) is 0 Å². The van der Waals surface area contributed by atoms with E-state index in [4.69, 9.17) is 16.1 Å². The number of fused-ring (bicyclic) bond motifs is 1. The van der Waals surface area contributed by atoms with Gasteiger partial charge in [-0.3, -0.25) is 4.90 Å². The van der Waals surface area contributed by atoms with Crippen molar-refractivity contribution in [1.29, 1.82) is 0 Å². The van der Waals surface area contributed by atoms with Crippen LogP contribution in [0.3, 0.4) is 0 Å². The molecule has 0 unspecified atom stereocenters. The minimum atomic E-state index is 0.582. The summed E-state index contributed by atoms with van der Waals surface area (Å²) in [4.78, 5) is 15.5. The van der Waals surface area contributed by atoms with Crippen molar-refractivity contribution >= 4 is 11.6 Å². The van der Waals surface area contributed by atoms with Gasteiger partial charge in [0.15, 0.2) is 0 Å². The summed E-state index contributed by atoms with van der Waals surface area (Å²) in [6.07, 6.45) is 2.83. The molecule has 4 rings (SSSR count). The van der Waals surface area contributed by atoms with Gasteiger partial charge in [-0.2, -0.15) is 4.98 Å². The average Bonchev–Trinajstić information content (AvgIpc) is 3.04. The third-order valence-electron chi connectivity index (χ3n) is 4.06. The zero-order valence-electron chi connectivity index (χ0n) is 13.2. The fourth-order valence-electron chi connectivity index (χ4n) is 2.84. The Hall–Kier alpha value is -2.31. The lowest BCUT2D eigenvalue weighted by atomic mass is 10.1. The second-order valence-electron chi connectivity index (χ2n) is 5.87. The number of nitrogens with zero attached hydrogens (tertiary/aromatic N) is 5. The molecule has 0 saturated carbocycles. The van der Waals surface area contributed by atoms with Crippen LogP contribution in [0.1, 0.15) is 23.0 Å². The summed E-state index contributed by atoms with van der Waals surface area (Å²) in [6.45, 7) is 4.26. The van der Waals surface area contributed by atoms with Gasteiger partial charge in [0, 0.05) is 47.6 Å². The molecular formula is C17H16ClN5O. The number of hydrogen-bond donors (Lipinski definition) is 0. The van der Waals surface area contributed by atoms with Crippen LogP contribution in [-0.2, 0) is 19.5 Å². The molecule has 2 aromatic heterocycles. The van der Waals surface area contributed by atoms with E-state index < -0.39 is 0 Å². The number of aryl methyl sites for hydroxylation is 1. The lowest BCUT2D eigenvalue weighted by Crippen LogP contribution is -2.31. The van der Waals surface area contributed by atoms with Crippen molar-refractivity contribution in [2.75, 3.05) is 6.54 Å². The van der Waals surface area contributed by atoms with Crippen LogP contribution in [0.2, 0.25) is 5.02 Å². The Kier molecular flexibility index (Phi) is 4.00. The fourth-order valence-corrected chi connectivity index (χ4v) is 2.96. The summed E-state index contributed by atoms with van der Waals surface area (Å²) >= 11 is 5.90. The first-order valence-corrected chi connectivity index (χ1v) is 8.17. The second-order valence-corrected chi connectivity index (χ2v) is 6.30. The highest BCUT2D eigenvalue weighted by Gasteiger charge is 2.20. The molecule has 24 heavy (non-hydrogen) atoms. The normalized spacial score (nSPS) is 14.6. The van der Waals surface area contributed by atoms with Crippen LogP contribution < -0.4 is 0 Å². The second kappa shape index (κ2) is 6.30. The van der Waals surface area contributed by atoms with Crippen LogP contribution in [0.25, 0.3) is 11.4 Å². The van der Waals surface area contributed by atoms with E-state index in [0.717, 1.165) is 36.6 Å². The molecular weight excluding hydrogens is 326 g/mol. The van der Waals surface area contributed by atoms with Gasteiger partial charge in [-0.1, -0.05) is 16.8 Å². The standard InChI is InChI=1S/C17H16ClN5O/c1-11-19-8-13-9-23(7-6-15(13)20-11)10-16-21-17(22-24-16)12-2-4-14(18)5-3-12/h2-5,8H,6-7,9-10H2,1H3. The molecule has 7 heteroatoms. The van der Waals surface area contributed by atoms with E-state index in [2.05, 4.69) is 25.0 Å². The zero-order valence-corrected chi connectivity index (χ0v) is 14.0. The number of benzene rings is 1. The highest BCUT2D eigenvalue weighted by atomic mass is 35.5. The molecule has 0 N–H and O–H groups in total. The van der Waals surface area contributed by atoms with E-state index in [1.807, 2.05) is 37.4 Å². The van der Waals surface area contributed by atoms with Gasteiger partial charge >= 0.3 is 0 Å². The average molecular weight is 342 g/mol.